The van der Waals surface area contributed by atoms with Crippen LogP contribution in [-0.2, 0) is 12.7 Å². The van der Waals surface area contributed by atoms with Crippen molar-refractivity contribution < 1.29 is 18.0 Å². The summed E-state index contributed by atoms with van der Waals surface area (Å²) < 4.78 is 42.2. The maximum atomic E-state index is 13.5. The molecule has 0 aliphatic carbocycles. The number of aromatic nitrogens is 4. The average molecular weight is 539 g/mol. The largest absolute Gasteiger partial charge is 0.416 e. The SMILES string of the molecule is CNc1cc(-n2nc(C)cc2Nc2cc(NC(=O)c3cc(CN(C)C)cc(C(F)(F)F)c3)ccc2C)ncn1. The molecule has 0 aliphatic rings. The minimum absolute atomic E-state index is 0.0745. The second-order valence-corrected chi connectivity index (χ2v) is 9.36. The Kier molecular flexibility index (Phi) is 7.86. The van der Waals surface area contributed by atoms with Crippen LogP contribution in [0.3, 0.4) is 0 Å². The van der Waals surface area contributed by atoms with Crippen molar-refractivity contribution in [3.05, 3.63) is 82.8 Å². The standard InChI is InChI=1S/C27H29F3N8O/c1-16-6-7-21(34-26(39)19-9-18(14-37(4)5)10-20(11-19)27(28,29)30)12-22(16)35-25-8-17(2)36-38(25)24-13-23(31-3)32-15-33-24/h6-13,15,35H,14H2,1-5H3,(H,34,39)(H,31,32,33). The van der Waals surface area contributed by atoms with Crippen LogP contribution in [0.25, 0.3) is 5.82 Å². The van der Waals surface area contributed by atoms with Gasteiger partial charge in [-0.2, -0.15) is 23.0 Å². The minimum Gasteiger partial charge on any atom is -0.373 e. The van der Waals surface area contributed by atoms with Gasteiger partial charge in [0.2, 0.25) is 0 Å². The van der Waals surface area contributed by atoms with Crippen molar-refractivity contribution in [1.82, 2.24) is 24.6 Å². The molecule has 0 radical (unpaired) electrons. The van der Waals surface area contributed by atoms with Crippen molar-refractivity contribution in [1.29, 1.82) is 0 Å². The molecule has 0 aliphatic heterocycles. The molecular weight excluding hydrogens is 509 g/mol. The lowest BCUT2D eigenvalue weighted by molar-refractivity contribution is -0.137. The zero-order valence-corrected chi connectivity index (χ0v) is 22.2. The lowest BCUT2D eigenvalue weighted by atomic mass is 10.0. The third-order valence-electron chi connectivity index (χ3n) is 5.80. The van der Waals surface area contributed by atoms with Crippen LogP contribution in [0.4, 0.5) is 36.2 Å². The van der Waals surface area contributed by atoms with Crippen molar-refractivity contribution in [3.63, 3.8) is 0 Å². The van der Waals surface area contributed by atoms with E-state index in [0.29, 0.717) is 34.4 Å². The molecule has 0 saturated heterocycles. The molecule has 0 spiro atoms. The van der Waals surface area contributed by atoms with Gasteiger partial charge in [0.05, 0.1) is 11.3 Å². The van der Waals surface area contributed by atoms with Crippen molar-refractivity contribution in [3.8, 4) is 5.82 Å². The Balaban J connectivity index is 1.61. The van der Waals surface area contributed by atoms with Gasteiger partial charge in [-0.3, -0.25) is 4.79 Å². The van der Waals surface area contributed by atoms with Gasteiger partial charge in [-0.05, 0) is 69.4 Å². The molecule has 9 nitrogen and oxygen atoms in total. The molecular formula is C27H29F3N8O. The van der Waals surface area contributed by atoms with Crippen LogP contribution in [0.5, 0.6) is 0 Å². The summed E-state index contributed by atoms with van der Waals surface area (Å²) in [6.45, 7) is 4.01. The Morgan fingerprint density at radius 2 is 1.79 bits per heavy atom. The summed E-state index contributed by atoms with van der Waals surface area (Å²) in [5.74, 6) is 1.16. The first-order valence-corrected chi connectivity index (χ1v) is 12.0. The molecule has 0 fully saturated rings. The predicted octanol–water partition coefficient (Wildman–Crippen LogP) is 5.40. The molecule has 204 valence electrons. The van der Waals surface area contributed by atoms with Crippen LogP contribution in [0, 0.1) is 13.8 Å². The van der Waals surface area contributed by atoms with E-state index in [1.807, 2.05) is 19.9 Å². The molecule has 1 amide bonds. The summed E-state index contributed by atoms with van der Waals surface area (Å²) >= 11 is 0. The van der Waals surface area contributed by atoms with Gasteiger partial charge in [0.1, 0.15) is 18.0 Å². The number of nitrogens with one attached hydrogen (secondary N) is 3. The molecule has 4 aromatic rings. The van der Waals surface area contributed by atoms with E-state index in [1.165, 1.54) is 12.4 Å². The number of rotatable bonds is 8. The highest BCUT2D eigenvalue weighted by Gasteiger charge is 2.32. The fourth-order valence-electron chi connectivity index (χ4n) is 3.98. The molecule has 0 bridgehead atoms. The number of amides is 1. The number of aryl methyl sites for hydroxylation is 2. The Hall–Kier alpha value is -4.45. The molecule has 12 heteroatoms. The number of carbonyl (C=O) groups is 1. The number of anilines is 4. The Labute approximate surface area is 224 Å². The molecule has 4 rings (SSSR count). The third-order valence-corrected chi connectivity index (χ3v) is 5.80. The number of benzene rings is 2. The molecule has 39 heavy (non-hydrogen) atoms. The summed E-state index contributed by atoms with van der Waals surface area (Å²) in [6, 6.07) is 12.2. The van der Waals surface area contributed by atoms with Crippen LogP contribution in [0.15, 0.2) is 54.9 Å². The lowest BCUT2D eigenvalue weighted by Gasteiger charge is -2.16. The molecule has 2 aromatic heterocycles. The first kappa shape index (κ1) is 27.6. The number of hydrogen-bond acceptors (Lipinski definition) is 7. The van der Waals surface area contributed by atoms with Gasteiger partial charge in [-0.1, -0.05) is 6.07 Å². The van der Waals surface area contributed by atoms with Crippen LogP contribution < -0.4 is 16.0 Å². The van der Waals surface area contributed by atoms with Gasteiger partial charge in [0.25, 0.3) is 5.91 Å². The van der Waals surface area contributed by atoms with Crippen molar-refractivity contribution in [2.75, 3.05) is 37.1 Å². The summed E-state index contributed by atoms with van der Waals surface area (Å²) in [5.41, 5.74) is 2.17. The van der Waals surface area contributed by atoms with Crippen LogP contribution in [0.2, 0.25) is 0 Å². The topological polar surface area (TPSA) is 100 Å². The average Bonchev–Trinajstić information content (AvgIpc) is 3.24. The highest BCUT2D eigenvalue weighted by Crippen LogP contribution is 2.32. The lowest BCUT2D eigenvalue weighted by Crippen LogP contribution is -2.17. The zero-order valence-electron chi connectivity index (χ0n) is 22.2. The number of halogens is 3. The van der Waals surface area contributed by atoms with Gasteiger partial charge in [0, 0.05) is 42.7 Å². The van der Waals surface area contributed by atoms with Crippen molar-refractivity contribution in [2.24, 2.45) is 0 Å². The van der Waals surface area contributed by atoms with Gasteiger partial charge >= 0.3 is 6.18 Å². The van der Waals surface area contributed by atoms with Gasteiger partial charge in [0.15, 0.2) is 5.82 Å². The Bertz CT molecular complexity index is 1500. The van der Waals surface area contributed by atoms with E-state index in [4.69, 9.17) is 0 Å². The Morgan fingerprint density at radius 3 is 2.49 bits per heavy atom. The van der Waals surface area contributed by atoms with Crippen LogP contribution >= 0.6 is 0 Å². The summed E-state index contributed by atoms with van der Waals surface area (Å²) in [4.78, 5) is 23.2. The quantitative estimate of drug-likeness (QED) is 0.276. The van der Waals surface area contributed by atoms with E-state index in [-0.39, 0.29) is 12.1 Å². The molecule has 3 N–H and O–H groups in total. The fourth-order valence-corrected chi connectivity index (χ4v) is 3.98. The van der Waals surface area contributed by atoms with E-state index < -0.39 is 17.6 Å². The molecule has 0 atom stereocenters. The van der Waals surface area contributed by atoms with E-state index in [0.717, 1.165) is 23.4 Å². The monoisotopic (exact) mass is 538 g/mol. The maximum absolute atomic E-state index is 13.5. The number of carbonyl (C=O) groups excluding carboxylic acids is 1. The second-order valence-electron chi connectivity index (χ2n) is 9.36. The van der Waals surface area contributed by atoms with Gasteiger partial charge in [-0.15, -0.1) is 0 Å². The Morgan fingerprint density at radius 1 is 1.03 bits per heavy atom. The number of hydrogen-bond donors (Lipinski definition) is 3. The highest BCUT2D eigenvalue weighted by molar-refractivity contribution is 6.04. The molecule has 0 unspecified atom stereocenters. The third kappa shape index (κ3) is 6.71. The van der Waals surface area contributed by atoms with Crippen LogP contribution in [-0.4, -0.2) is 51.7 Å². The summed E-state index contributed by atoms with van der Waals surface area (Å²) in [5, 5.41) is 13.5. The molecule has 2 aromatic carbocycles. The minimum atomic E-state index is -4.57. The molecule has 2 heterocycles. The normalized spacial score (nSPS) is 11.5. The van der Waals surface area contributed by atoms with E-state index >= 15 is 0 Å². The van der Waals surface area contributed by atoms with Crippen LogP contribution in [0.1, 0.15) is 32.7 Å². The number of nitrogens with zero attached hydrogens (tertiary/aromatic N) is 5. The van der Waals surface area contributed by atoms with Gasteiger partial charge < -0.3 is 20.9 Å². The van der Waals surface area contributed by atoms with E-state index in [1.54, 1.807) is 55.0 Å². The summed E-state index contributed by atoms with van der Waals surface area (Å²) in [6.07, 6.45) is -3.14. The fraction of sp³-hybridized carbons (Fsp3) is 0.259. The van der Waals surface area contributed by atoms with Crippen molar-refractivity contribution >= 4 is 28.9 Å². The highest BCUT2D eigenvalue weighted by atomic mass is 19.4. The zero-order chi connectivity index (χ0) is 28.3. The summed E-state index contributed by atoms with van der Waals surface area (Å²) in [7, 11) is 5.25. The first-order valence-electron chi connectivity index (χ1n) is 12.0. The number of alkyl halides is 3. The van der Waals surface area contributed by atoms with Crippen molar-refractivity contribution in [2.45, 2.75) is 26.6 Å². The maximum Gasteiger partial charge on any atom is 0.416 e. The van der Waals surface area contributed by atoms with Gasteiger partial charge in [-0.25, -0.2) is 9.97 Å². The first-order chi connectivity index (χ1) is 18.4. The molecule has 0 saturated carbocycles. The smallest absolute Gasteiger partial charge is 0.373 e. The van der Waals surface area contributed by atoms with E-state index in [2.05, 4.69) is 31.0 Å². The van der Waals surface area contributed by atoms with E-state index in [9.17, 15) is 18.0 Å². The predicted molar refractivity (Wildman–Crippen MR) is 145 cm³/mol. The second kappa shape index (κ2) is 11.1.